The van der Waals surface area contributed by atoms with Gasteiger partial charge >= 0.3 is 5.97 Å². The van der Waals surface area contributed by atoms with Crippen LogP contribution in [0, 0.1) is 0 Å². The van der Waals surface area contributed by atoms with E-state index in [1.165, 1.54) is 0 Å². The van der Waals surface area contributed by atoms with Gasteiger partial charge in [-0.3, -0.25) is 0 Å². The Morgan fingerprint density at radius 2 is 2.40 bits per heavy atom. The molecule has 0 aromatic carbocycles. The average molecular weight is 226 g/mol. The second kappa shape index (κ2) is 4.19. The predicted molar refractivity (Wildman–Crippen MR) is 57.2 cm³/mol. The minimum Gasteiger partial charge on any atom is -0.461 e. The van der Waals surface area contributed by atoms with Crippen molar-refractivity contribution in [2.75, 3.05) is 6.61 Å². The number of aryl methyl sites for hydroxylation is 1. The summed E-state index contributed by atoms with van der Waals surface area (Å²) in [5.74, 6) is -0.363. The van der Waals surface area contributed by atoms with Gasteiger partial charge in [0.1, 0.15) is 5.15 Å². The molecule has 4 heteroatoms. The highest BCUT2D eigenvalue weighted by atomic mass is 35.5. The average Bonchev–Trinajstić information content (AvgIpc) is 2.64. The molecule has 1 aliphatic carbocycles. The number of carbonyl (C=O) groups excluding carboxylic acids is 1. The monoisotopic (exact) mass is 225 g/mol. The van der Waals surface area contributed by atoms with E-state index in [9.17, 15) is 4.79 Å². The number of halogens is 1. The van der Waals surface area contributed by atoms with Crippen molar-refractivity contribution in [2.24, 2.45) is 0 Å². The van der Waals surface area contributed by atoms with Crippen LogP contribution >= 0.6 is 11.6 Å². The van der Waals surface area contributed by atoms with Gasteiger partial charge in [-0.05, 0) is 43.4 Å². The van der Waals surface area contributed by atoms with Crippen LogP contribution in [0.1, 0.15) is 35.0 Å². The molecule has 1 aromatic heterocycles. The fourth-order valence-corrected chi connectivity index (χ4v) is 2.13. The summed E-state index contributed by atoms with van der Waals surface area (Å²) in [5, 5.41) is 0.374. The van der Waals surface area contributed by atoms with Gasteiger partial charge in [-0.1, -0.05) is 11.6 Å². The molecule has 0 spiro atoms. The summed E-state index contributed by atoms with van der Waals surface area (Å²) >= 11 is 5.85. The van der Waals surface area contributed by atoms with Gasteiger partial charge < -0.3 is 4.74 Å². The number of hydrogen-bond acceptors (Lipinski definition) is 3. The van der Waals surface area contributed by atoms with E-state index in [0.717, 1.165) is 30.4 Å². The van der Waals surface area contributed by atoms with Crippen LogP contribution in [0.4, 0.5) is 0 Å². The Kier molecular flexibility index (Phi) is 2.91. The Labute approximate surface area is 93.4 Å². The molecule has 0 aliphatic heterocycles. The second-order valence-electron chi connectivity index (χ2n) is 3.51. The van der Waals surface area contributed by atoms with E-state index in [1.54, 1.807) is 6.92 Å². The highest BCUT2D eigenvalue weighted by Crippen LogP contribution is 2.27. The van der Waals surface area contributed by atoms with Gasteiger partial charge in [-0.25, -0.2) is 9.78 Å². The van der Waals surface area contributed by atoms with Crippen LogP contribution in [0.15, 0.2) is 6.07 Å². The summed E-state index contributed by atoms with van der Waals surface area (Å²) in [6.45, 7) is 2.14. The molecule has 0 N–H and O–H groups in total. The zero-order valence-corrected chi connectivity index (χ0v) is 9.30. The van der Waals surface area contributed by atoms with Crippen LogP contribution in [-0.4, -0.2) is 17.6 Å². The van der Waals surface area contributed by atoms with Crippen molar-refractivity contribution in [2.45, 2.75) is 26.2 Å². The lowest BCUT2D eigenvalue weighted by atomic mass is 10.1. The molecule has 0 unspecified atom stereocenters. The fourth-order valence-electron chi connectivity index (χ4n) is 1.92. The first kappa shape index (κ1) is 10.4. The topological polar surface area (TPSA) is 39.2 Å². The summed E-state index contributed by atoms with van der Waals surface area (Å²) in [5.41, 5.74) is 2.55. The normalized spacial score (nSPS) is 13.7. The number of rotatable bonds is 2. The maximum atomic E-state index is 11.6. The molecular formula is C11H12ClNO2. The second-order valence-corrected chi connectivity index (χ2v) is 3.89. The Morgan fingerprint density at radius 1 is 1.60 bits per heavy atom. The van der Waals surface area contributed by atoms with Crippen LogP contribution < -0.4 is 0 Å². The van der Waals surface area contributed by atoms with E-state index in [4.69, 9.17) is 16.3 Å². The molecule has 0 fully saturated rings. The highest BCUT2D eigenvalue weighted by molar-refractivity contribution is 6.29. The Hall–Kier alpha value is -1.09. The van der Waals surface area contributed by atoms with Crippen molar-refractivity contribution >= 4 is 17.6 Å². The molecule has 0 bridgehead atoms. The van der Waals surface area contributed by atoms with E-state index in [2.05, 4.69) is 4.98 Å². The predicted octanol–water partition coefficient (Wildman–Crippen LogP) is 2.40. The van der Waals surface area contributed by atoms with Gasteiger partial charge in [-0.2, -0.15) is 0 Å². The first-order valence-corrected chi connectivity index (χ1v) is 5.45. The smallest absolute Gasteiger partial charge is 0.357 e. The zero-order chi connectivity index (χ0) is 10.8. The number of pyridine rings is 1. The zero-order valence-electron chi connectivity index (χ0n) is 8.55. The Morgan fingerprint density at radius 3 is 3.13 bits per heavy atom. The first-order chi connectivity index (χ1) is 7.22. The van der Waals surface area contributed by atoms with Crippen molar-refractivity contribution < 1.29 is 9.53 Å². The molecule has 1 aromatic rings. The molecule has 0 radical (unpaired) electrons. The number of fused-ring (bicyclic) bond motifs is 1. The molecule has 1 aliphatic rings. The van der Waals surface area contributed by atoms with Gasteiger partial charge in [0.05, 0.1) is 6.61 Å². The van der Waals surface area contributed by atoms with Crippen molar-refractivity contribution in [1.29, 1.82) is 0 Å². The van der Waals surface area contributed by atoms with E-state index in [0.29, 0.717) is 17.5 Å². The SMILES string of the molecule is CCOC(=O)c1nc(Cl)cc2c1CCC2. The van der Waals surface area contributed by atoms with Crippen LogP contribution in [-0.2, 0) is 17.6 Å². The van der Waals surface area contributed by atoms with Gasteiger partial charge in [0, 0.05) is 0 Å². The van der Waals surface area contributed by atoms with Gasteiger partial charge in [0.25, 0.3) is 0 Å². The van der Waals surface area contributed by atoms with Crippen molar-refractivity contribution in [1.82, 2.24) is 4.98 Å². The third-order valence-corrected chi connectivity index (χ3v) is 2.72. The van der Waals surface area contributed by atoms with Gasteiger partial charge in [0.2, 0.25) is 0 Å². The van der Waals surface area contributed by atoms with Crippen molar-refractivity contribution in [3.8, 4) is 0 Å². The summed E-state index contributed by atoms with van der Waals surface area (Å²) < 4.78 is 4.95. The molecule has 3 nitrogen and oxygen atoms in total. The van der Waals surface area contributed by atoms with Crippen molar-refractivity contribution in [3.63, 3.8) is 0 Å². The molecule has 0 saturated carbocycles. The maximum absolute atomic E-state index is 11.6. The number of esters is 1. The Bertz CT molecular complexity index is 404. The minimum absolute atomic E-state index is 0.363. The van der Waals surface area contributed by atoms with E-state index in [-0.39, 0.29) is 5.97 Å². The summed E-state index contributed by atoms with van der Waals surface area (Å²) in [6, 6.07) is 1.84. The van der Waals surface area contributed by atoms with E-state index >= 15 is 0 Å². The third-order valence-electron chi connectivity index (χ3n) is 2.53. The minimum atomic E-state index is -0.363. The third kappa shape index (κ3) is 1.97. The largest absolute Gasteiger partial charge is 0.461 e. The quantitative estimate of drug-likeness (QED) is 0.573. The van der Waals surface area contributed by atoms with Gasteiger partial charge in [0.15, 0.2) is 5.69 Å². The number of carbonyl (C=O) groups is 1. The molecule has 80 valence electrons. The molecule has 0 atom stereocenters. The molecule has 0 amide bonds. The molecule has 1 heterocycles. The lowest BCUT2D eigenvalue weighted by molar-refractivity contribution is 0.0518. The molecule has 0 saturated heterocycles. The van der Waals surface area contributed by atoms with E-state index < -0.39 is 0 Å². The molecule has 2 rings (SSSR count). The molecule has 15 heavy (non-hydrogen) atoms. The number of aromatic nitrogens is 1. The highest BCUT2D eigenvalue weighted by Gasteiger charge is 2.22. The molecular weight excluding hydrogens is 214 g/mol. The fraction of sp³-hybridized carbons (Fsp3) is 0.455. The van der Waals surface area contributed by atoms with Crippen LogP contribution in [0.5, 0.6) is 0 Å². The Balaban J connectivity index is 2.42. The summed E-state index contributed by atoms with van der Waals surface area (Å²) in [7, 11) is 0. The number of hydrogen-bond donors (Lipinski definition) is 0. The van der Waals surface area contributed by atoms with E-state index in [1.807, 2.05) is 6.07 Å². The summed E-state index contributed by atoms with van der Waals surface area (Å²) in [6.07, 6.45) is 2.93. The van der Waals surface area contributed by atoms with Gasteiger partial charge in [-0.15, -0.1) is 0 Å². The van der Waals surface area contributed by atoms with Crippen LogP contribution in [0.25, 0.3) is 0 Å². The maximum Gasteiger partial charge on any atom is 0.357 e. The standard InChI is InChI=1S/C11H12ClNO2/c1-2-15-11(14)10-8-5-3-4-7(8)6-9(12)13-10/h6H,2-5H2,1H3. The van der Waals surface area contributed by atoms with Crippen LogP contribution in [0.3, 0.4) is 0 Å². The first-order valence-electron chi connectivity index (χ1n) is 5.07. The lowest BCUT2D eigenvalue weighted by Crippen LogP contribution is -2.10. The number of ether oxygens (including phenoxy) is 1. The van der Waals surface area contributed by atoms with Crippen molar-refractivity contribution in [3.05, 3.63) is 28.0 Å². The summed E-state index contributed by atoms with van der Waals surface area (Å²) in [4.78, 5) is 15.7. The lowest BCUT2D eigenvalue weighted by Gasteiger charge is -2.07. The number of nitrogens with zero attached hydrogens (tertiary/aromatic N) is 1. The van der Waals surface area contributed by atoms with Crippen LogP contribution in [0.2, 0.25) is 5.15 Å².